The molecule has 1 heterocycles. The molecule has 0 atom stereocenters. The smallest absolute Gasteiger partial charge is 0.270 e. The summed E-state index contributed by atoms with van der Waals surface area (Å²) in [6.07, 6.45) is 0. The molecule has 0 aliphatic heterocycles. The lowest BCUT2D eigenvalue weighted by Gasteiger charge is -2.10. The summed E-state index contributed by atoms with van der Waals surface area (Å²) in [5, 5.41) is 6.69. The first kappa shape index (κ1) is 19.6. The van der Waals surface area contributed by atoms with Crippen molar-refractivity contribution < 1.29 is 9.53 Å². The third kappa shape index (κ3) is 4.98. The molecule has 0 aliphatic carbocycles. The third-order valence-corrected chi connectivity index (χ3v) is 4.53. The van der Waals surface area contributed by atoms with Crippen molar-refractivity contribution in [2.24, 2.45) is 0 Å². The van der Waals surface area contributed by atoms with Gasteiger partial charge >= 0.3 is 0 Å². The molecule has 0 radical (unpaired) electrons. The van der Waals surface area contributed by atoms with Crippen LogP contribution in [0.15, 0.2) is 48.5 Å². The van der Waals surface area contributed by atoms with E-state index < -0.39 is 0 Å². The number of nitrogens with one attached hydrogen (secondary N) is 2. The Hall–Kier alpha value is -3.12. The molecule has 0 fully saturated rings. The Labute approximate surface area is 168 Å². The van der Waals surface area contributed by atoms with Crippen LogP contribution in [0.3, 0.4) is 0 Å². The Morgan fingerprint density at radius 2 is 1.82 bits per heavy atom. The summed E-state index contributed by atoms with van der Waals surface area (Å²) in [4.78, 5) is 21.1. The molecule has 7 heteroatoms. The zero-order valence-corrected chi connectivity index (χ0v) is 16.7. The van der Waals surface area contributed by atoms with Crippen LogP contribution < -0.4 is 15.4 Å². The summed E-state index contributed by atoms with van der Waals surface area (Å²) in [5.74, 6) is 1.53. The van der Waals surface area contributed by atoms with Crippen molar-refractivity contribution in [2.45, 2.75) is 20.4 Å². The monoisotopic (exact) mass is 396 g/mol. The molecule has 6 nitrogen and oxygen atoms in total. The minimum absolute atomic E-state index is 0.272. The van der Waals surface area contributed by atoms with E-state index in [1.165, 1.54) is 0 Å². The third-order valence-electron chi connectivity index (χ3n) is 4.13. The van der Waals surface area contributed by atoms with E-state index in [9.17, 15) is 4.79 Å². The van der Waals surface area contributed by atoms with E-state index in [1.54, 1.807) is 20.1 Å². The van der Waals surface area contributed by atoms with Gasteiger partial charge in [0.1, 0.15) is 23.1 Å². The maximum absolute atomic E-state index is 12.5. The van der Waals surface area contributed by atoms with Gasteiger partial charge in [-0.2, -0.15) is 0 Å². The molecule has 3 aromatic rings. The molecule has 1 amide bonds. The second-order valence-corrected chi connectivity index (χ2v) is 6.71. The molecule has 0 aliphatic rings. The predicted octanol–water partition coefficient (Wildman–Crippen LogP) is 4.43. The summed E-state index contributed by atoms with van der Waals surface area (Å²) in [7, 11) is 1.62. The Balaban J connectivity index is 1.70. The Morgan fingerprint density at radius 3 is 2.50 bits per heavy atom. The molecule has 2 aromatic carbocycles. The highest BCUT2D eigenvalue weighted by Crippen LogP contribution is 2.22. The minimum atomic E-state index is -0.272. The average molecular weight is 397 g/mol. The van der Waals surface area contributed by atoms with Crippen LogP contribution >= 0.6 is 11.6 Å². The lowest BCUT2D eigenvalue weighted by Crippen LogP contribution is -2.24. The van der Waals surface area contributed by atoms with Gasteiger partial charge in [0.05, 0.1) is 7.11 Å². The van der Waals surface area contributed by atoms with E-state index in [1.807, 2.05) is 49.4 Å². The van der Waals surface area contributed by atoms with Crippen molar-refractivity contribution in [3.05, 3.63) is 76.2 Å². The number of hydrogen-bond donors (Lipinski definition) is 2. The average Bonchev–Trinajstić information content (AvgIpc) is 2.69. The molecule has 0 saturated carbocycles. The van der Waals surface area contributed by atoms with Crippen LogP contribution in [0.1, 0.15) is 27.4 Å². The number of rotatable bonds is 6. The van der Waals surface area contributed by atoms with Gasteiger partial charge in [0, 0.05) is 23.3 Å². The Kier molecular flexibility index (Phi) is 6.11. The molecule has 0 bridgehead atoms. The lowest BCUT2D eigenvalue weighted by atomic mass is 10.2. The van der Waals surface area contributed by atoms with E-state index in [0.29, 0.717) is 28.9 Å². The molecule has 0 unspecified atom stereocenters. The van der Waals surface area contributed by atoms with Gasteiger partial charge in [-0.15, -0.1) is 0 Å². The fraction of sp³-hybridized carbons (Fsp3) is 0.190. The molecule has 3 rings (SSSR count). The van der Waals surface area contributed by atoms with Crippen LogP contribution in [-0.2, 0) is 6.54 Å². The maximum atomic E-state index is 12.5. The number of aromatic nitrogens is 2. The highest BCUT2D eigenvalue weighted by molar-refractivity contribution is 6.31. The van der Waals surface area contributed by atoms with E-state index >= 15 is 0 Å². The number of amides is 1. The number of halogens is 1. The van der Waals surface area contributed by atoms with Crippen molar-refractivity contribution in [1.29, 1.82) is 0 Å². The first-order valence-corrected chi connectivity index (χ1v) is 9.12. The van der Waals surface area contributed by atoms with Gasteiger partial charge in [-0.3, -0.25) is 4.79 Å². The van der Waals surface area contributed by atoms with Crippen LogP contribution in [0.5, 0.6) is 5.75 Å². The van der Waals surface area contributed by atoms with Gasteiger partial charge < -0.3 is 15.4 Å². The second-order valence-electron chi connectivity index (χ2n) is 6.31. The Bertz CT molecular complexity index is 990. The van der Waals surface area contributed by atoms with Gasteiger partial charge in [-0.25, -0.2) is 9.97 Å². The molecule has 144 valence electrons. The van der Waals surface area contributed by atoms with E-state index in [4.69, 9.17) is 16.3 Å². The Morgan fingerprint density at radius 1 is 1.07 bits per heavy atom. The SMILES string of the molecule is COc1ccc(CNC(=O)c2cc(Nc3ccc(C)c(Cl)c3)nc(C)n2)cc1. The summed E-state index contributed by atoms with van der Waals surface area (Å²) in [6.45, 7) is 4.07. The summed E-state index contributed by atoms with van der Waals surface area (Å²) in [5.41, 5.74) is 3.04. The molecule has 2 N–H and O–H groups in total. The van der Waals surface area contributed by atoms with Crippen LogP contribution in [0.2, 0.25) is 5.02 Å². The fourth-order valence-corrected chi connectivity index (χ4v) is 2.76. The van der Waals surface area contributed by atoms with Gasteiger partial charge in [-0.05, 0) is 49.2 Å². The van der Waals surface area contributed by atoms with Crippen LogP contribution in [0.25, 0.3) is 0 Å². The van der Waals surface area contributed by atoms with Gasteiger partial charge in [0.15, 0.2) is 0 Å². The highest BCUT2D eigenvalue weighted by atomic mass is 35.5. The number of methoxy groups -OCH3 is 1. The van der Waals surface area contributed by atoms with E-state index in [-0.39, 0.29) is 5.91 Å². The zero-order valence-electron chi connectivity index (χ0n) is 15.9. The standard InChI is InChI=1S/C21H21ClN4O2/c1-13-4-7-16(10-18(13)22)26-20-11-19(24-14(2)25-20)21(27)23-12-15-5-8-17(28-3)9-6-15/h4-11H,12H2,1-3H3,(H,23,27)(H,24,25,26). The zero-order chi connectivity index (χ0) is 20.1. The summed E-state index contributed by atoms with van der Waals surface area (Å²) < 4.78 is 5.13. The van der Waals surface area contributed by atoms with Crippen molar-refractivity contribution in [3.63, 3.8) is 0 Å². The molecular weight excluding hydrogens is 376 g/mol. The van der Waals surface area contributed by atoms with Crippen molar-refractivity contribution >= 4 is 29.0 Å². The second kappa shape index (κ2) is 8.71. The number of hydrogen-bond acceptors (Lipinski definition) is 5. The van der Waals surface area contributed by atoms with Crippen LogP contribution in [0, 0.1) is 13.8 Å². The molecule has 1 aromatic heterocycles. The molecule has 0 spiro atoms. The lowest BCUT2D eigenvalue weighted by molar-refractivity contribution is 0.0945. The number of carbonyl (C=O) groups is 1. The number of anilines is 2. The van der Waals surface area contributed by atoms with Crippen LogP contribution in [0.4, 0.5) is 11.5 Å². The molecule has 28 heavy (non-hydrogen) atoms. The summed E-state index contributed by atoms with van der Waals surface area (Å²) >= 11 is 6.17. The quantitative estimate of drug-likeness (QED) is 0.644. The van der Waals surface area contributed by atoms with Crippen molar-refractivity contribution in [1.82, 2.24) is 15.3 Å². The van der Waals surface area contributed by atoms with E-state index in [2.05, 4.69) is 20.6 Å². The molecular formula is C21H21ClN4O2. The fourth-order valence-electron chi connectivity index (χ4n) is 2.58. The van der Waals surface area contributed by atoms with Gasteiger partial charge in [0.25, 0.3) is 5.91 Å². The van der Waals surface area contributed by atoms with Gasteiger partial charge in [0.2, 0.25) is 0 Å². The normalized spacial score (nSPS) is 10.4. The largest absolute Gasteiger partial charge is 0.497 e. The van der Waals surface area contributed by atoms with Crippen molar-refractivity contribution in [3.8, 4) is 5.75 Å². The number of ether oxygens (including phenoxy) is 1. The van der Waals surface area contributed by atoms with E-state index in [0.717, 1.165) is 22.6 Å². The number of aryl methyl sites for hydroxylation is 2. The first-order valence-electron chi connectivity index (χ1n) is 8.74. The number of nitrogens with zero attached hydrogens (tertiary/aromatic N) is 2. The number of benzene rings is 2. The molecule has 0 saturated heterocycles. The predicted molar refractivity (Wildman–Crippen MR) is 110 cm³/mol. The topological polar surface area (TPSA) is 76.1 Å². The highest BCUT2D eigenvalue weighted by Gasteiger charge is 2.11. The van der Waals surface area contributed by atoms with Crippen LogP contribution in [-0.4, -0.2) is 23.0 Å². The summed E-state index contributed by atoms with van der Waals surface area (Å²) in [6, 6.07) is 14.8. The maximum Gasteiger partial charge on any atom is 0.270 e. The number of carbonyl (C=O) groups excluding carboxylic acids is 1. The van der Waals surface area contributed by atoms with Gasteiger partial charge in [-0.1, -0.05) is 29.8 Å². The first-order chi connectivity index (χ1) is 13.4. The minimum Gasteiger partial charge on any atom is -0.497 e. The van der Waals surface area contributed by atoms with Crippen molar-refractivity contribution in [2.75, 3.05) is 12.4 Å².